The van der Waals surface area contributed by atoms with Crippen LogP contribution in [-0.4, -0.2) is 43.7 Å². The minimum Gasteiger partial charge on any atom is -0.396 e. The largest absolute Gasteiger partial charge is 0.396 e. The summed E-state index contributed by atoms with van der Waals surface area (Å²) < 4.78 is 10.2. The Hall–Kier alpha value is -0.160. The van der Waals surface area contributed by atoms with Crippen molar-refractivity contribution in [2.75, 3.05) is 26.4 Å². The second-order valence-electron chi connectivity index (χ2n) is 2.77. The van der Waals surface area contributed by atoms with Gasteiger partial charge in [-0.05, 0) is 6.42 Å². The maximum absolute atomic E-state index is 8.51. The molecule has 0 aromatic carbocycles. The summed E-state index contributed by atoms with van der Waals surface area (Å²) in [4.78, 5) is 0. The zero-order chi connectivity index (χ0) is 8.10. The van der Waals surface area contributed by atoms with E-state index in [1.54, 1.807) is 0 Å². The van der Waals surface area contributed by atoms with Crippen molar-refractivity contribution in [3.63, 3.8) is 0 Å². The van der Waals surface area contributed by atoms with Crippen LogP contribution in [0.1, 0.15) is 6.42 Å². The molecule has 1 rings (SSSR count). The number of hydrogen-bond donors (Lipinski definition) is 2. The summed E-state index contributed by atoms with van der Waals surface area (Å²) in [5, 5.41) is 8.51. The Morgan fingerprint density at radius 3 is 2.82 bits per heavy atom. The van der Waals surface area contributed by atoms with E-state index in [1.807, 2.05) is 0 Å². The first-order valence-corrected chi connectivity index (χ1v) is 3.88. The first kappa shape index (κ1) is 8.93. The molecular weight excluding hydrogens is 146 g/mol. The van der Waals surface area contributed by atoms with Gasteiger partial charge in [-0.25, -0.2) is 0 Å². The van der Waals surface area contributed by atoms with Gasteiger partial charge in [-0.2, -0.15) is 0 Å². The van der Waals surface area contributed by atoms with Gasteiger partial charge < -0.3 is 20.3 Å². The summed E-state index contributed by atoms with van der Waals surface area (Å²) in [5.41, 5.74) is 5.59. The zero-order valence-corrected chi connectivity index (χ0v) is 6.53. The summed E-state index contributed by atoms with van der Waals surface area (Å²) >= 11 is 0. The van der Waals surface area contributed by atoms with Gasteiger partial charge in [-0.3, -0.25) is 0 Å². The molecule has 0 amide bonds. The number of hydrogen-bond acceptors (Lipinski definition) is 4. The highest BCUT2D eigenvalue weighted by Crippen LogP contribution is 2.05. The monoisotopic (exact) mass is 161 g/mol. The molecule has 0 radical (unpaired) electrons. The molecule has 3 N–H and O–H groups in total. The van der Waals surface area contributed by atoms with Crippen molar-refractivity contribution < 1.29 is 14.6 Å². The molecule has 0 bridgehead atoms. The highest BCUT2D eigenvalue weighted by Gasteiger charge is 2.19. The van der Waals surface area contributed by atoms with E-state index in [1.165, 1.54) is 0 Å². The van der Waals surface area contributed by atoms with E-state index in [-0.39, 0.29) is 18.8 Å². The quantitative estimate of drug-likeness (QED) is 0.549. The second kappa shape index (κ2) is 4.66. The molecule has 1 aliphatic heterocycles. The Balaban J connectivity index is 1.92. The molecule has 4 nitrogen and oxygen atoms in total. The lowest BCUT2D eigenvalue weighted by Gasteiger charge is -2.27. The van der Waals surface area contributed by atoms with Crippen molar-refractivity contribution in [3.05, 3.63) is 0 Å². The maximum Gasteiger partial charge on any atom is 0.104 e. The van der Waals surface area contributed by atoms with Crippen LogP contribution in [0.5, 0.6) is 0 Å². The van der Waals surface area contributed by atoms with Crippen molar-refractivity contribution in [2.24, 2.45) is 5.73 Å². The van der Waals surface area contributed by atoms with Crippen LogP contribution in [0.25, 0.3) is 0 Å². The van der Waals surface area contributed by atoms with E-state index in [2.05, 4.69) is 0 Å². The van der Waals surface area contributed by atoms with Gasteiger partial charge in [-0.1, -0.05) is 0 Å². The fourth-order valence-corrected chi connectivity index (χ4v) is 0.819. The number of ether oxygens (including phenoxy) is 2. The van der Waals surface area contributed by atoms with Crippen LogP contribution >= 0.6 is 0 Å². The Bertz CT molecular complexity index is 106. The van der Waals surface area contributed by atoms with Crippen LogP contribution in [0, 0.1) is 0 Å². The van der Waals surface area contributed by atoms with Gasteiger partial charge in [0.2, 0.25) is 0 Å². The maximum atomic E-state index is 8.51. The summed E-state index contributed by atoms with van der Waals surface area (Å²) in [6.45, 7) is 2.03. The van der Waals surface area contributed by atoms with E-state index in [4.69, 9.17) is 20.3 Å². The van der Waals surface area contributed by atoms with Crippen LogP contribution in [0.3, 0.4) is 0 Å². The summed E-state index contributed by atoms with van der Waals surface area (Å²) in [6.07, 6.45) is 0.841. The van der Waals surface area contributed by atoms with Gasteiger partial charge in [0.1, 0.15) is 6.10 Å². The van der Waals surface area contributed by atoms with Crippen LogP contribution in [-0.2, 0) is 9.47 Å². The smallest absolute Gasteiger partial charge is 0.104 e. The third-order valence-electron chi connectivity index (χ3n) is 1.65. The number of nitrogens with two attached hydrogens (primary N) is 1. The third kappa shape index (κ3) is 3.16. The normalized spacial score (nSPS) is 21.3. The standard InChI is InChI=1S/C7H15NO3/c8-6(1-2-9)3-11-7-4-10-5-7/h6-7,9H,1-5,8H2. The average molecular weight is 161 g/mol. The molecule has 4 heteroatoms. The van der Waals surface area contributed by atoms with Gasteiger partial charge in [0, 0.05) is 12.6 Å². The van der Waals surface area contributed by atoms with Crippen molar-refractivity contribution in [1.29, 1.82) is 0 Å². The van der Waals surface area contributed by atoms with E-state index >= 15 is 0 Å². The average Bonchev–Trinajstić information content (AvgIpc) is 1.85. The lowest BCUT2D eigenvalue weighted by molar-refractivity contribution is -0.132. The highest BCUT2D eigenvalue weighted by molar-refractivity contribution is 4.67. The van der Waals surface area contributed by atoms with Crippen molar-refractivity contribution >= 4 is 0 Å². The van der Waals surface area contributed by atoms with E-state index in [0.29, 0.717) is 26.2 Å². The Morgan fingerprint density at radius 1 is 1.64 bits per heavy atom. The zero-order valence-electron chi connectivity index (χ0n) is 6.53. The third-order valence-corrected chi connectivity index (χ3v) is 1.65. The first-order valence-electron chi connectivity index (χ1n) is 3.88. The molecule has 1 heterocycles. The van der Waals surface area contributed by atoms with Crippen molar-refractivity contribution in [1.82, 2.24) is 0 Å². The molecule has 1 saturated heterocycles. The molecule has 1 fully saturated rings. The minimum atomic E-state index is -0.0411. The summed E-state index contributed by atoms with van der Waals surface area (Å²) in [7, 11) is 0. The van der Waals surface area contributed by atoms with Gasteiger partial charge >= 0.3 is 0 Å². The molecule has 0 aliphatic carbocycles. The number of aliphatic hydroxyl groups excluding tert-OH is 1. The summed E-state index contributed by atoms with van der Waals surface area (Å²) in [6, 6.07) is -0.0411. The molecular formula is C7H15NO3. The molecule has 11 heavy (non-hydrogen) atoms. The van der Waals surface area contributed by atoms with Crippen LogP contribution in [0.2, 0.25) is 0 Å². The van der Waals surface area contributed by atoms with Crippen LogP contribution in [0.4, 0.5) is 0 Å². The Morgan fingerprint density at radius 2 is 2.36 bits per heavy atom. The highest BCUT2D eigenvalue weighted by atomic mass is 16.6. The number of aliphatic hydroxyl groups is 1. The lowest BCUT2D eigenvalue weighted by atomic mass is 10.2. The predicted molar refractivity (Wildman–Crippen MR) is 40.2 cm³/mol. The van der Waals surface area contributed by atoms with Crippen molar-refractivity contribution in [3.8, 4) is 0 Å². The molecule has 66 valence electrons. The molecule has 0 aromatic rings. The Labute approximate surface area is 66.3 Å². The fraction of sp³-hybridized carbons (Fsp3) is 1.00. The molecule has 1 unspecified atom stereocenters. The van der Waals surface area contributed by atoms with Gasteiger partial charge in [-0.15, -0.1) is 0 Å². The van der Waals surface area contributed by atoms with Gasteiger partial charge in [0.05, 0.1) is 19.8 Å². The van der Waals surface area contributed by atoms with E-state index in [9.17, 15) is 0 Å². The minimum absolute atomic E-state index is 0.0411. The molecule has 0 aromatic heterocycles. The SMILES string of the molecule is NC(CCO)COC1COC1. The van der Waals surface area contributed by atoms with Crippen LogP contribution in [0.15, 0.2) is 0 Å². The Kier molecular flexibility index (Phi) is 3.79. The predicted octanol–water partition coefficient (Wildman–Crippen LogP) is -0.889. The molecule has 0 saturated carbocycles. The van der Waals surface area contributed by atoms with Gasteiger partial charge in [0.15, 0.2) is 0 Å². The molecule has 1 atom stereocenters. The molecule has 0 spiro atoms. The second-order valence-corrected chi connectivity index (χ2v) is 2.77. The van der Waals surface area contributed by atoms with E-state index in [0.717, 1.165) is 0 Å². The fourth-order valence-electron chi connectivity index (χ4n) is 0.819. The van der Waals surface area contributed by atoms with E-state index < -0.39 is 0 Å². The van der Waals surface area contributed by atoms with Gasteiger partial charge in [0.25, 0.3) is 0 Å². The summed E-state index contributed by atoms with van der Waals surface area (Å²) in [5.74, 6) is 0. The lowest BCUT2D eigenvalue weighted by Crippen LogP contribution is -2.39. The first-order chi connectivity index (χ1) is 5.33. The number of rotatable bonds is 5. The molecule has 1 aliphatic rings. The van der Waals surface area contributed by atoms with Crippen LogP contribution < -0.4 is 5.73 Å². The van der Waals surface area contributed by atoms with Crippen molar-refractivity contribution in [2.45, 2.75) is 18.6 Å². The topological polar surface area (TPSA) is 64.7 Å².